The molecule has 2 rings (SSSR count). The summed E-state index contributed by atoms with van der Waals surface area (Å²) in [6.07, 6.45) is 2.69. The molecule has 1 heterocycles. The van der Waals surface area contributed by atoms with Gasteiger partial charge in [-0.05, 0) is 31.9 Å². The second kappa shape index (κ2) is 7.20. The Morgan fingerprint density at radius 1 is 1.43 bits per heavy atom. The molecule has 1 aromatic carbocycles. The SMILES string of the molecule is CC(N)CCCC(C)C(=O)Nc1c(Cl)ccc2scnc12. The Morgan fingerprint density at radius 2 is 2.19 bits per heavy atom. The van der Waals surface area contributed by atoms with E-state index in [2.05, 4.69) is 10.3 Å². The van der Waals surface area contributed by atoms with E-state index in [0.717, 1.165) is 29.5 Å². The summed E-state index contributed by atoms with van der Waals surface area (Å²) in [5.74, 6) is -0.101. The summed E-state index contributed by atoms with van der Waals surface area (Å²) < 4.78 is 1.01. The molecule has 21 heavy (non-hydrogen) atoms. The Morgan fingerprint density at radius 3 is 2.90 bits per heavy atom. The van der Waals surface area contributed by atoms with Crippen LogP contribution in [-0.4, -0.2) is 16.9 Å². The van der Waals surface area contributed by atoms with Gasteiger partial charge in [-0.2, -0.15) is 0 Å². The number of carbonyl (C=O) groups is 1. The first-order valence-corrected chi connectivity index (χ1v) is 8.33. The second-order valence-electron chi connectivity index (χ2n) is 5.42. The highest BCUT2D eigenvalue weighted by atomic mass is 35.5. The average molecular weight is 326 g/mol. The monoisotopic (exact) mass is 325 g/mol. The maximum Gasteiger partial charge on any atom is 0.227 e. The van der Waals surface area contributed by atoms with E-state index in [9.17, 15) is 4.79 Å². The molecule has 1 aromatic heterocycles. The zero-order valence-corrected chi connectivity index (χ0v) is 13.8. The van der Waals surface area contributed by atoms with Gasteiger partial charge in [-0.1, -0.05) is 24.9 Å². The standard InChI is InChI=1S/C15H20ClN3OS/c1-9(4-3-5-10(2)17)15(20)19-13-11(16)6-7-12-14(13)18-8-21-12/h6-10H,3-5,17H2,1-2H3,(H,19,20). The van der Waals surface area contributed by atoms with Crippen LogP contribution in [0.15, 0.2) is 17.6 Å². The molecule has 0 saturated heterocycles. The topological polar surface area (TPSA) is 68.0 Å². The Balaban J connectivity index is 2.04. The van der Waals surface area contributed by atoms with Crippen molar-refractivity contribution >= 4 is 44.7 Å². The van der Waals surface area contributed by atoms with Gasteiger partial charge in [0.15, 0.2) is 0 Å². The van der Waals surface area contributed by atoms with Crippen molar-refractivity contribution < 1.29 is 4.79 Å². The molecule has 0 bridgehead atoms. The number of nitrogens with two attached hydrogens (primary N) is 1. The first kappa shape index (κ1) is 16.2. The van der Waals surface area contributed by atoms with E-state index in [1.54, 1.807) is 11.6 Å². The number of aromatic nitrogens is 1. The third-order valence-corrected chi connectivity index (χ3v) is 4.55. The number of halogens is 1. The molecule has 0 fully saturated rings. The lowest BCUT2D eigenvalue weighted by Gasteiger charge is -2.14. The van der Waals surface area contributed by atoms with Crippen LogP contribution < -0.4 is 11.1 Å². The van der Waals surface area contributed by atoms with Crippen LogP contribution in [0.2, 0.25) is 5.02 Å². The van der Waals surface area contributed by atoms with E-state index >= 15 is 0 Å². The minimum atomic E-state index is -0.0753. The van der Waals surface area contributed by atoms with E-state index in [1.807, 2.05) is 19.9 Å². The lowest BCUT2D eigenvalue weighted by Crippen LogP contribution is -2.22. The fourth-order valence-corrected chi connectivity index (χ4v) is 3.03. The van der Waals surface area contributed by atoms with Crippen LogP contribution in [0.25, 0.3) is 10.2 Å². The molecule has 0 radical (unpaired) electrons. The zero-order chi connectivity index (χ0) is 15.4. The molecule has 2 unspecified atom stereocenters. The maximum absolute atomic E-state index is 12.3. The number of benzene rings is 1. The van der Waals surface area contributed by atoms with E-state index < -0.39 is 0 Å². The first-order chi connectivity index (χ1) is 9.99. The highest BCUT2D eigenvalue weighted by Gasteiger charge is 2.17. The Hall–Kier alpha value is -1.17. The molecule has 3 N–H and O–H groups in total. The van der Waals surface area contributed by atoms with Gasteiger partial charge in [0.25, 0.3) is 0 Å². The van der Waals surface area contributed by atoms with E-state index in [-0.39, 0.29) is 17.9 Å². The Bertz CT molecular complexity index is 626. The van der Waals surface area contributed by atoms with Gasteiger partial charge in [0.05, 0.1) is 20.9 Å². The second-order valence-corrected chi connectivity index (χ2v) is 6.71. The lowest BCUT2D eigenvalue weighted by atomic mass is 10.0. The van der Waals surface area contributed by atoms with Crippen LogP contribution in [0, 0.1) is 5.92 Å². The molecule has 2 aromatic rings. The quantitative estimate of drug-likeness (QED) is 0.842. The summed E-state index contributed by atoms with van der Waals surface area (Å²) in [5, 5.41) is 3.44. The van der Waals surface area contributed by atoms with Crippen LogP contribution in [0.4, 0.5) is 5.69 Å². The van der Waals surface area contributed by atoms with Crippen LogP contribution in [0.5, 0.6) is 0 Å². The fraction of sp³-hybridized carbons (Fsp3) is 0.467. The number of amides is 1. The van der Waals surface area contributed by atoms with Gasteiger partial charge in [-0.3, -0.25) is 4.79 Å². The summed E-state index contributed by atoms with van der Waals surface area (Å²) in [4.78, 5) is 16.6. The number of carbonyl (C=O) groups excluding carboxylic acids is 1. The number of fused-ring (bicyclic) bond motifs is 1. The van der Waals surface area contributed by atoms with Crippen LogP contribution in [-0.2, 0) is 4.79 Å². The normalized spacial score (nSPS) is 14.1. The summed E-state index contributed by atoms with van der Waals surface area (Å²) in [7, 11) is 0. The summed E-state index contributed by atoms with van der Waals surface area (Å²) in [6, 6.07) is 3.88. The van der Waals surface area contributed by atoms with Crippen LogP contribution >= 0.6 is 22.9 Å². The van der Waals surface area contributed by atoms with Crippen LogP contribution in [0.3, 0.4) is 0 Å². The molecular formula is C15H20ClN3OS. The molecule has 6 heteroatoms. The fourth-order valence-electron chi connectivity index (χ4n) is 2.15. The largest absolute Gasteiger partial charge is 0.328 e. The van der Waals surface area contributed by atoms with E-state index in [4.69, 9.17) is 17.3 Å². The third-order valence-electron chi connectivity index (χ3n) is 3.44. The molecule has 4 nitrogen and oxygen atoms in total. The predicted molar refractivity (Wildman–Crippen MR) is 89.9 cm³/mol. The highest BCUT2D eigenvalue weighted by Crippen LogP contribution is 2.32. The van der Waals surface area contributed by atoms with Crippen molar-refractivity contribution in [2.75, 3.05) is 5.32 Å². The number of thiazole rings is 1. The number of nitrogens with zero attached hydrogens (tertiary/aromatic N) is 1. The number of hydrogen-bond donors (Lipinski definition) is 2. The molecule has 2 atom stereocenters. The molecule has 0 spiro atoms. The van der Waals surface area contributed by atoms with Gasteiger partial charge in [-0.15, -0.1) is 11.3 Å². The number of hydrogen-bond acceptors (Lipinski definition) is 4. The van der Waals surface area contributed by atoms with Gasteiger partial charge in [-0.25, -0.2) is 4.98 Å². The summed E-state index contributed by atoms with van der Waals surface area (Å²) in [5.41, 5.74) is 8.84. The minimum absolute atomic E-state index is 0.0259. The molecule has 0 saturated carbocycles. The molecular weight excluding hydrogens is 306 g/mol. The molecule has 0 aliphatic heterocycles. The summed E-state index contributed by atoms with van der Waals surface area (Å²) in [6.45, 7) is 3.90. The zero-order valence-electron chi connectivity index (χ0n) is 12.2. The van der Waals surface area contributed by atoms with Gasteiger partial charge in [0.2, 0.25) is 5.91 Å². The van der Waals surface area contributed by atoms with Gasteiger partial charge < -0.3 is 11.1 Å². The Labute approximate surface area is 133 Å². The summed E-state index contributed by atoms with van der Waals surface area (Å²) >= 11 is 7.72. The van der Waals surface area contributed by atoms with Crippen molar-refractivity contribution in [3.05, 3.63) is 22.7 Å². The molecule has 1 amide bonds. The van der Waals surface area contributed by atoms with Crippen molar-refractivity contribution in [1.29, 1.82) is 0 Å². The highest BCUT2D eigenvalue weighted by molar-refractivity contribution is 7.16. The number of rotatable bonds is 6. The van der Waals surface area contributed by atoms with Crippen molar-refractivity contribution in [3.63, 3.8) is 0 Å². The van der Waals surface area contributed by atoms with Crippen LogP contribution in [0.1, 0.15) is 33.1 Å². The predicted octanol–water partition coefficient (Wildman–Crippen LogP) is 4.04. The van der Waals surface area contributed by atoms with Crippen molar-refractivity contribution in [3.8, 4) is 0 Å². The van der Waals surface area contributed by atoms with Gasteiger partial charge >= 0.3 is 0 Å². The van der Waals surface area contributed by atoms with E-state index in [1.165, 1.54) is 11.3 Å². The lowest BCUT2D eigenvalue weighted by molar-refractivity contribution is -0.119. The number of nitrogens with one attached hydrogen (secondary N) is 1. The van der Waals surface area contributed by atoms with Crippen molar-refractivity contribution in [1.82, 2.24) is 4.98 Å². The first-order valence-electron chi connectivity index (χ1n) is 7.07. The van der Waals surface area contributed by atoms with Gasteiger partial charge in [0.1, 0.15) is 5.52 Å². The number of anilines is 1. The smallest absolute Gasteiger partial charge is 0.227 e. The van der Waals surface area contributed by atoms with Gasteiger partial charge in [0, 0.05) is 12.0 Å². The minimum Gasteiger partial charge on any atom is -0.328 e. The Kier molecular flexibility index (Phi) is 5.56. The molecule has 114 valence electrons. The maximum atomic E-state index is 12.3. The van der Waals surface area contributed by atoms with E-state index in [0.29, 0.717) is 10.7 Å². The van der Waals surface area contributed by atoms with Crippen molar-refractivity contribution in [2.24, 2.45) is 11.7 Å². The molecule has 0 aliphatic rings. The average Bonchev–Trinajstić information content (AvgIpc) is 2.89. The third kappa shape index (κ3) is 4.15. The molecule has 0 aliphatic carbocycles. The van der Waals surface area contributed by atoms with Crippen molar-refractivity contribution in [2.45, 2.75) is 39.2 Å².